The van der Waals surface area contributed by atoms with Crippen molar-refractivity contribution in [1.29, 1.82) is 0 Å². The number of imide groups is 1. The number of rotatable bonds is 7. The zero-order chi connectivity index (χ0) is 23.8. The maximum Gasteiger partial charge on any atom is 0.265 e. The maximum absolute atomic E-state index is 13.2. The van der Waals surface area contributed by atoms with Gasteiger partial charge in [-0.15, -0.1) is 0 Å². The van der Waals surface area contributed by atoms with Gasteiger partial charge in [-0.2, -0.15) is 0 Å². The Hall–Kier alpha value is -2.78. The number of ether oxygens (including phenoxy) is 2. The minimum absolute atomic E-state index is 0.0116. The molecule has 0 bridgehead atoms. The summed E-state index contributed by atoms with van der Waals surface area (Å²) in [5.41, 5.74) is 0.681. The van der Waals surface area contributed by atoms with Gasteiger partial charge >= 0.3 is 0 Å². The van der Waals surface area contributed by atoms with Crippen molar-refractivity contribution in [2.24, 2.45) is 11.8 Å². The van der Waals surface area contributed by atoms with Gasteiger partial charge in [0.1, 0.15) is 16.4 Å². The van der Waals surface area contributed by atoms with E-state index in [0.717, 1.165) is 25.7 Å². The fourth-order valence-corrected chi connectivity index (χ4v) is 6.01. The quantitative estimate of drug-likeness (QED) is 0.589. The standard InChI is InChI=1S/C23H25ClN2O6S/c1-31-19-10-8-15(24)12-18(19)25-33(29,30)21-11-14(7-9-20(21)32-2)13-26-22(27)16-5-3-4-6-17(16)23(26)28/h7-12,16-17,25H,3-6,13H2,1-2H3/t16-,17+. The predicted octanol–water partition coefficient (Wildman–Crippen LogP) is 3.83. The summed E-state index contributed by atoms with van der Waals surface area (Å²) in [5.74, 6) is -0.443. The lowest BCUT2D eigenvalue weighted by atomic mass is 9.81. The van der Waals surface area contributed by atoms with Crippen LogP contribution >= 0.6 is 11.6 Å². The number of anilines is 1. The largest absolute Gasteiger partial charge is 0.495 e. The molecular formula is C23H25ClN2O6S. The molecule has 10 heteroatoms. The van der Waals surface area contributed by atoms with E-state index in [1.165, 1.54) is 37.3 Å². The Kier molecular flexibility index (Phi) is 6.54. The molecule has 0 radical (unpaired) electrons. The van der Waals surface area contributed by atoms with Crippen molar-refractivity contribution in [2.75, 3.05) is 18.9 Å². The molecule has 1 aliphatic carbocycles. The summed E-state index contributed by atoms with van der Waals surface area (Å²) in [6.45, 7) is 0.0116. The lowest BCUT2D eigenvalue weighted by Crippen LogP contribution is -2.30. The first kappa shape index (κ1) is 23.4. The lowest BCUT2D eigenvalue weighted by molar-refractivity contribution is -0.140. The highest BCUT2D eigenvalue weighted by molar-refractivity contribution is 7.92. The Balaban J connectivity index is 1.64. The zero-order valence-corrected chi connectivity index (χ0v) is 19.9. The lowest BCUT2D eigenvalue weighted by Gasteiger charge is -2.19. The fraction of sp³-hybridized carbons (Fsp3) is 0.391. The summed E-state index contributed by atoms with van der Waals surface area (Å²) in [6, 6.07) is 9.16. The average Bonchev–Trinajstić information content (AvgIpc) is 3.04. The SMILES string of the molecule is COc1ccc(Cl)cc1NS(=O)(=O)c1cc(CN2C(=O)[C@H]3CCCC[C@H]3C2=O)ccc1OC. The molecule has 1 heterocycles. The topological polar surface area (TPSA) is 102 Å². The maximum atomic E-state index is 13.2. The van der Waals surface area contributed by atoms with Gasteiger partial charge in [0, 0.05) is 5.02 Å². The molecule has 2 fully saturated rings. The number of hydrogen-bond acceptors (Lipinski definition) is 6. The van der Waals surface area contributed by atoms with Crippen molar-refractivity contribution in [3.8, 4) is 11.5 Å². The van der Waals surface area contributed by atoms with Gasteiger partial charge in [0.05, 0.1) is 38.3 Å². The summed E-state index contributed by atoms with van der Waals surface area (Å²) >= 11 is 6.02. The van der Waals surface area contributed by atoms with E-state index < -0.39 is 10.0 Å². The highest BCUT2D eigenvalue weighted by Gasteiger charge is 2.47. The van der Waals surface area contributed by atoms with Crippen molar-refractivity contribution in [3.05, 3.63) is 47.0 Å². The highest BCUT2D eigenvalue weighted by Crippen LogP contribution is 2.39. The zero-order valence-electron chi connectivity index (χ0n) is 18.3. The van der Waals surface area contributed by atoms with E-state index in [9.17, 15) is 18.0 Å². The summed E-state index contributed by atoms with van der Waals surface area (Å²) in [7, 11) is -1.32. The van der Waals surface area contributed by atoms with Crippen LogP contribution in [-0.2, 0) is 26.2 Å². The number of nitrogens with zero attached hydrogens (tertiary/aromatic N) is 1. The van der Waals surface area contributed by atoms with E-state index in [0.29, 0.717) is 16.3 Å². The molecule has 1 aliphatic heterocycles. The van der Waals surface area contributed by atoms with Gasteiger partial charge in [-0.05, 0) is 48.7 Å². The predicted molar refractivity (Wildman–Crippen MR) is 123 cm³/mol. The second kappa shape index (κ2) is 9.23. The first-order valence-electron chi connectivity index (χ1n) is 10.6. The molecule has 2 aliphatic rings. The number of carbonyl (C=O) groups is 2. The summed E-state index contributed by atoms with van der Waals surface area (Å²) in [4.78, 5) is 26.8. The van der Waals surface area contributed by atoms with Crippen LogP contribution in [-0.4, -0.2) is 39.4 Å². The molecule has 8 nitrogen and oxygen atoms in total. The molecule has 0 aromatic heterocycles. The highest BCUT2D eigenvalue weighted by atomic mass is 35.5. The Morgan fingerprint density at radius 3 is 2.18 bits per heavy atom. The van der Waals surface area contributed by atoms with Gasteiger partial charge in [0.15, 0.2) is 0 Å². The first-order valence-corrected chi connectivity index (χ1v) is 12.5. The van der Waals surface area contributed by atoms with Gasteiger partial charge in [-0.25, -0.2) is 8.42 Å². The monoisotopic (exact) mass is 492 g/mol. The number of sulfonamides is 1. The number of amides is 2. The molecule has 0 unspecified atom stereocenters. The Morgan fingerprint density at radius 2 is 1.58 bits per heavy atom. The third kappa shape index (κ3) is 4.52. The molecule has 2 aromatic rings. The number of fused-ring (bicyclic) bond motifs is 1. The summed E-state index contributed by atoms with van der Waals surface area (Å²) < 4.78 is 39.5. The van der Waals surface area contributed by atoms with E-state index >= 15 is 0 Å². The minimum atomic E-state index is -4.11. The van der Waals surface area contributed by atoms with Crippen LogP contribution in [0.3, 0.4) is 0 Å². The van der Waals surface area contributed by atoms with E-state index in [1.807, 2.05) is 0 Å². The normalized spacial score (nSPS) is 20.5. The molecule has 33 heavy (non-hydrogen) atoms. The van der Waals surface area contributed by atoms with Crippen molar-refractivity contribution in [3.63, 3.8) is 0 Å². The van der Waals surface area contributed by atoms with Crippen LogP contribution < -0.4 is 14.2 Å². The van der Waals surface area contributed by atoms with Crippen LogP contribution in [0, 0.1) is 11.8 Å². The van der Waals surface area contributed by atoms with E-state index in [-0.39, 0.29) is 46.5 Å². The van der Waals surface area contributed by atoms with Crippen molar-refractivity contribution >= 4 is 39.1 Å². The molecular weight excluding hydrogens is 468 g/mol. The molecule has 1 saturated carbocycles. The van der Waals surface area contributed by atoms with E-state index in [2.05, 4.69) is 4.72 Å². The Labute approximate surface area is 197 Å². The van der Waals surface area contributed by atoms with Gasteiger partial charge < -0.3 is 9.47 Å². The van der Waals surface area contributed by atoms with Crippen LogP contribution in [0.25, 0.3) is 0 Å². The average molecular weight is 493 g/mol. The van der Waals surface area contributed by atoms with Crippen molar-refractivity contribution < 1.29 is 27.5 Å². The first-order chi connectivity index (χ1) is 15.7. The molecule has 4 rings (SSSR count). The third-order valence-corrected chi connectivity index (χ3v) is 7.82. The number of methoxy groups -OCH3 is 2. The number of benzene rings is 2. The molecule has 2 atom stereocenters. The summed E-state index contributed by atoms with van der Waals surface area (Å²) in [6.07, 6.45) is 3.33. The molecule has 1 saturated heterocycles. The van der Waals surface area contributed by atoms with Gasteiger partial charge in [-0.1, -0.05) is 30.5 Å². The van der Waals surface area contributed by atoms with E-state index in [1.54, 1.807) is 18.2 Å². The number of halogens is 1. The second-order valence-corrected chi connectivity index (χ2v) is 10.3. The minimum Gasteiger partial charge on any atom is -0.495 e. The van der Waals surface area contributed by atoms with Crippen LogP contribution in [0.4, 0.5) is 5.69 Å². The second-order valence-electron chi connectivity index (χ2n) is 8.20. The third-order valence-electron chi connectivity index (χ3n) is 6.20. The smallest absolute Gasteiger partial charge is 0.265 e. The number of likely N-dealkylation sites (tertiary alicyclic amines) is 1. The molecule has 0 spiro atoms. The number of hydrogen-bond donors (Lipinski definition) is 1. The van der Waals surface area contributed by atoms with Crippen molar-refractivity contribution in [2.45, 2.75) is 37.1 Å². The van der Waals surface area contributed by atoms with Gasteiger partial charge in [-0.3, -0.25) is 19.2 Å². The Bertz CT molecular complexity index is 1180. The van der Waals surface area contributed by atoms with Crippen LogP contribution in [0.5, 0.6) is 11.5 Å². The van der Waals surface area contributed by atoms with Crippen LogP contribution in [0.15, 0.2) is 41.3 Å². The molecule has 1 N–H and O–H groups in total. The fourth-order valence-electron chi connectivity index (χ4n) is 4.56. The van der Waals surface area contributed by atoms with Gasteiger partial charge in [0.25, 0.3) is 10.0 Å². The molecule has 2 amide bonds. The number of nitrogens with one attached hydrogen (secondary N) is 1. The molecule has 176 valence electrons. The number of carbonyl (C=O) groups excluding carboxylic acids is 2. The van der Waals surface area contributed by atoms with Gasteiger partial charge in [0.2, 0.25) is 11.8 Å². The summed E-state index contributed by atoms with van der Waals surface area (Å²) in [5, 5.41) is 0.335. The Morgan fingerprint density at radius 1 is 0.970 bits per heavy atom. The van der Waals surface area contributed by atoms with Crippen molar-refractivity contribution in [1.82, 2.24) is 4.90 Å². The van der Waals surface area contributed by atoms with Crippen LogP contribution in [0.2, 0.25) is 5.02 Å². The molecule has 2 aromatic carbocycles. The van der Waals surface area contributed by atoms with E-state index in [4.69, 9.17) is 21.1 Å². The van der Waals surface area contributed by atoms with Crippen LogP contribution in [0.1, 0.15) is 31.2 Å².